The molecule has 0 fully saturated rings. The van der Waals surface area contributed by atoms with Crippen molar-refractivity contribution < 1.29 is 9.90 Å². The largest absolute Gasteiger partial charge is 0.392 e. The van der Waals surface area contributed by atoms with Crippen LogP contribution in [0.5, 0.6) is 0 Å². The van der Waals surface area contributed by atoms with Crippen LogP contribution >= 0.6 is 0 Å². The van der Waals surface area contributed by atoms with Gasteiger partial charge in [-0.25, -0.2) is 0 Å². The number of aliphatic hydroxyl groups excluding tert-OH is 1. The van der Waals surface area contributed by atoms with Crippen LogP contribution in [0, 0.1) is 11.8 Å². The number of rotatable bonds is 10. The minimum absolute atomic E-state index is 0.268. The maximum atomic E-state index is 10.8. The van der Waals surface area contributed by atoms with Crippen LogP contribution in [0.2, 0.25) is 0 Å². The number of aliphatic hydroxyl groups is 1. The molecule has 3 atom stereocenters. The molecule has 95 valence electrons. The van der Waals surface area contributed by atoms with E-state index in [-0.39, 0.29) is 5.92 Å². The fraction of sp³-hybridized carbons (Fsp3) is 0.929. The summed E-state index contributed by atoms with van der Waals surface area (Å²) in [6.45, 7) is 6.48. The molecule has 0 aromatic carbocycles. The quantitative estimate of drug-likeness (QED) is 0.580. The normalized spacial score (nSPS) is 16.8. The fourth-order valence-electron chi connectivity index (χ4n) is 1.80. The molecule has 0 rings (SSSR count). The smallest absolute Gasteiger partial charge is 0.204 e. The van der Waals surface area contributed by atoms with Gasteiger partial charge in [0.05, 0.1) is 12.0 Å². The van der Waals surface area contributed by atoms with Gasteiger partial charge in [0, 0.05) is 0 Å². The molecule has 1 N–H and O–H groups in total. The number of carbonyl (C=O) groups excluding carboxylic acids is 1. The highest BCUT2D eigenvalue weighted by molar-refractivity contribution is 5.55. The first kappa shape index (κ1) is 15.6. The van der Waals surface area contributed by atoms with E-state index in [2.05, 4.69) is 20.8 Å². The van der Waals surface area contributed by atoms with Crippen molar-refractivity contribution in [2.75, 3.05) is 0 Å². The Hall–Kier alpha value is -0.370. The van der Waals surface area contributed by atoms with E-state index in [4.69, 9.17) is 0 Å². The Morgan fingerprint density at radius 2 is 1.81 bits per heavy atom. The number of hydrogen-bond acceptors (Lipinski definition) is 2. The van der Waals surface area contributed by atoms with Crippen molar-refractivity contribution in [3.63, 3.8) is 0 Å². The molecular formula is C14H27O2. The zero-order chi connectivity index (χ0) is 12.4. The van der Waals surface area contributed by atoms with Crippen molar-refractivity contribution >= 4 is 6.29 Å². The van der Waals surface area contributed by atoms with Crippen molar-refractivity contribution in [3.8, 4) is 0 Å². The lowest BCUT2D eigenvalue weighted by atomic mass is 9.91. The first-order chi connectivity index (χ1) is 7.65. The number of unbranched alkanes of at least 4 members (excludes halogenated alkanes) is 2. The van der Waals surface area contributed by atoms with E-state index in [0.29, 0.717) is 5.92 Å². The zero-order valence-corrected chi connectivity index (χ0v) is 11.0. The Morgan fingerprint density at radius 3 is 2.31 bits per heavy atom. The third-order valence-corrected chi connectivity index (χ3v) is 3.39. The third-order valence-electron chi connectivity index (χ3n) is 3.39. The van der Waals surface area contributed by atoms with Crippen LogP contribution in [-0.2, 0) is 4.79 Å². The summed E-state index contributed by atoms with van der Waals surface area (Å²) in [5, 5.41) is 9.89. The van der Waals surface area contributed by atoms with Gasteiger partial charge in [-0.1, -0.05) is 46.5 Å². The Bertz CT molecular complexity index is 168. The SMILES string of the molecule is CCCCCC([C]=O)C(O)CCC(C)CC. The molecule has 0 saturated carbocycles. The van der Waals surface area contributed by atoms with Crippen molar-refractivity contribution in [1.29, 1.82) is 0 Å². The Balaban J connectivity index is 3.81. The molecule has 2 nitrogen and oxygen atoms in total. The van der Waals surface area contributed by atoms with Crippen molar-refractivity contribution in [2.45, 2.75) is 71.8 Å². The van der Waals surface area contributed by atoms with Gasteiger partial charge in [-0.15, -0.1) is 0 Å². The standard InChI is InChI=1S/C14H27O2/c1-4-6-7-8-13(11-15)14(16)10-9-12(3)5-2/h12-14,16H,4-10H2,1-3H3. The minimum Gasteiger partial charge on any atom is -0.392 e. The highest BCUT2D eigenvalue weighted by Crippen LogP contribution is 2.19. The molecule has 0 saturated heterocycles. The Kier molecular flexibility index (Phi) is 9.60. The number of hydrogen-bond donors (Lipinski definition) is 1. The van der Waals surface area contributed by atoms with Gasteiger partial charge in [0.1, 0.15) is 0 Å². The molecule has 0 heterocycles. The average Bonchev–Trinajstić information content (AvgIpc) is 2.31. The zero-order valence-electron chi connectivity index (χ0n) is 11.0. The average molecular weight is 227 g/mol. The minimum atomic E-state index is -0.483. The molecule has 3 unspecified atom stereocenters. The fourth-order valence-corrected chi connectivity index (χ4v) is 1.80. The van der Waals surface area contributed by atoms with Crippen LogP contribution in [0.3, 0.4) is 0 Å². The van der Waals surface area contributed by atoms with E-state index in [1.54, 1.807) is 0 Å². The second kappa shape index (κ2) is 9.83. The molecule has 0 bridgehead atoms. The van der Waals surface area contributed by atoms with Gasteiger partial charge in [0.25, 0.3) is 0 Å². The Labute approximate surface area is 100 Å². The predicted molar refractivity (Wildman–Crippen MR) is 68.0 cm³/mol. The van der Waals surface area contributed by atoms with Crippen LogP contribution in [0.15, 0.2) is 0 Å². The molecule has 2 heteroatoms. The summed E-state index contributed by atoms with van der Waals surface area (Å²) in [6.07, 6.45) is 8.49. The second-order valence-electron chi connectivity index (χ2n) is 4.88. The van der Waals surface area contributed by atoms with Gasteiger partial charge in [-0.2, -0.15) is 0 Å². The Morgan fingerprint density at radius 1 is 1.12 bits per heavy atom. The summed E-state index contributed by atoms with van der Waals surface area (Å²) in [6, 6.07) is 0. The summed E-state index contributed by atoms with van der Waals surface area (Å²) in [4.78, 5) is 10.8. The van der Waals surface area contributed by atoms with Gasteiger partial charge in [0.15, 0.2) is 0 Å². The lowest BCUT2D eigenvalue weighted by Crippen LogP contribution is -2.22. The van der Waals surface area contributed by atoms with Gasteiger partial charge < -0.3 is 5.11 Å². The van der Waals surface area contributed by atoms with Gasteiger partial charge in [-0.3, -0.25) is 4.79 Å². The summed E-state index contributed by atoms with van der Waals surface area (Å²) in [5.41, 5.74) is 0. The second-order valence-corrected chi connectivity index (χ2v) is 4.88. The third kappa shape index (κ3) is 7.00. The molecular weight excluding hydrogens is 200 g/mol. The van der Waals surface area contributed by atoms with Gasteiger partial charge in [0.2, 0.25) is 6.29 Å². The maximum absolute atomic E-state index is 10.8. The van der Waals surface area contributed by atoms with Gasteiger partial charge in [-0.05, 0) is 25.2 Å². The molecule has 0 aliphatic heterocycles. The van der Waals surface area contributed by atoms with Gasteiger partial charge >= 0.3 is 0 Å². The molecule has 0 aliphatic rings. The summed E-state index contributed by atoms with van der Waals surface area (Å²) in [7, 11) is 0. The van der Waals surface area contributed by atoms with Crippen molar-refractivity contribution in [2.24, 2.45) is 11.8 Å². The molecule has 16 heavy (non-hydrogen) atoms. The van der Waals surface area contributed by atoms with Crippen molar-refractivity contribution in [1.82, 2.24) is 0 Å². The van der Waals surface area contributed by atoms with Crippen molar-refractivity contribution in [3.05, 3.63) is 0 Å². The lowest BCUT2D eigenvalue weighted by molar-refractivity contribution is 0.114. The van der Waals surface area contributed by atoms with E-state index in [1.807, 2.05) is 6.29 Å². The first-order valence-corrected chi connectivity index (χ1v) is 6.71. The summed E-state index contributed by atoms with van der Waals surface area (Å²) >= 11 is 0. The monoisotopic (exact) mass is 227 g/mol. The van der Waals surface area contributed by atoms with E-state index < -0.39 is 6.10 Å². The van der Waals surface area contributed by atoms with Crippen LogP contribution in [0.4, 0.5) is 0 Å². The topological polar surface area (TPSA) is 37.3 Å². The van der Waals surface area contributed by atoms with E-state index in [9.17, 15) is 9.90 Å². The maximum Gasteiger partial charge on any atom is 0.204 e. The molecule has 0 spiro atoms. The van der Waals surface area contributed by atoms with E-state index in [0.717, 1.165) is 44.9 Å². The predicted octanol–water partition coefficient (Wildman–Crippen LogP) is 3.48. The van der Waals surface area contributed by atoms with E-state index in [1.165, 1.54) is 0 Å². The molecule has 0 aromatic heterocycles. The van der Waals surface area contributed by atoms with Crippen LogP contribution in [0.1, 0.15) is 65.7 Å². The molecule has 1 radical (unpaired) electrons. The summed E-state index contributed by atoms with van der Waals surface area (Å²) in [5.74, 6) is 0.369. The highest BCUT2D eigenvalue weighted by atomic mass is 16.3. The highest BCUT2D eigenvalue weighted by Gasteiger charge is 2.19. The first-order valence-electron chi connectivity index (χ1n) is 6.71. The van der Waals surface area contributed by atoms with Crippen LogP contribution in [0.25, 0.3) is 0 Å². The van der Waals surface area contributed by atoms with Crippen LogP contribution < -0.4 is 0 Å². The lowest BCUT2D eigenvalue weighted by Gasteiger charge is -2.18. The van der Waals surface area contributed by atoms with E-state index >= 15 is 0 Å². The van der Waals surface area contributed by atoms with Crippen LogP contribution in [-0.4, -0.2) is 17.5 Å². The molecule has 0 amide bonds. The molecule has 0 aliphatic carbocycles. The molecule has 0 aromatic rings. The summed E-state index contributed by atoms with van der Waals surface area (Å²) < 4.78 is 0.